The Morgan fingerprint density at radius 1 is 1.29 bits per heavy atom. The molecule has 0 amide bonds. The van der Waals surface area contributed by atoms with Crippen LogP contribution in [0.15, 0.2) is 36.2 Å². The minimum atomic E-state index is 0. The lowest BCUT2D eigenvalue weighted by Gasteiger charge is -2.28. The molecule has 1 fully saturated rings. The van der Waals surface area contributed by atoms with Crippen molar-refractivity contribution < 1.29 is 13.9 Å². The number of ether oxygens (including phenoxy) is 2. The molecular weight excluding hydrogens is 385 g/mol. The van der Waals surface area contributed by atoms with Crippen molar-refractivity contribution in [1.29, 1.82) is 0 Å². The van der Waals surface area contributed by atoms with Crippen LogP contribution in [0.1, 0.15) is 19.9 Å². The molecule has 0 radical (unpaired) electrons. The highest BCUT2D eigenvalue weighted by atomic mass is 35.5. The van der Waals surface area contributed by atoms with Crippen LogP contribution in [-0.2, 0) is 4.74 Å². The minimum absolute atomic E-state index is 0. The molecule has 0 unspecified atom stereocenters. The number of nitrogens with two attached hydrogens (primary N) is 1. The number of anilines is 1. The van der Waals surface area contributed by atoms with Crippen molar-refractivity contribution in [3.8, 4) is 17.1 Å². The highest BCUT2D eigenvalue weighted by molar-refractivity contribution is 5.85. The number of morpholine rings is 1. The van der Waals surface area contributed by atoms with E-state index >= 15 is 0 Å². The molecule has 0 aliphatic carbocycles. The molecule has 2 aromatic rings. The highest BCUT2D eigenvalue weighted by Gasteiger charge is 2.21. The lowest BCUT2D eigenvalue weighted by Crippen LogP contribution is -2.38. The van der Waals surface area contributed by atoms with Crippen LogP contribution in [0.2, 0.25) is 0 Å². The van der Waals surface area contributed by atoms with Crippen LogP contribution in [-0.4, -0.2) is 54.2 Å². The summed E-state index contributed by atoms with van der Waals surface area (Å²) < 4.78 is 25.5. The molecular formula is C19H27ClFN5O2. The second kappa shape index (κ2) is 10.4. The van der Waals surface area contributed by atoms with Gasteiger partial charge in [-0.3, -0.25) is 0 Å². The average molecular weight is 412 g/mol. The van der Waals surface area contributed by atoms with Gasteiger partial charge in [0.15, 0.2) is 5.82 Å². The molecule has 7 nitrogen and oxygen atoms in total. The number of aromatic nitrogens is 3. The van der Waals surface area contributed by atoms with E-state index in [1.54, 1.807) is 0 Å². The maximum absolute atomic E-state index is 12.6. The number of benzene rings is 1. The van der Waals surface area contributed by atoms with Gasteiger partial charge in [-0.05, 0) is 38.1 Å². The Kier molecular flexibility index (Phi) is 8.22. The molecule has 1 aliphatic heterocycles. The summed E-state index contributed by atoms with van der Waals surface area (Å²) in [4.78, 5) is 6.97. The first kappa shape index (κ1) is 22.1. The van der Waals surface area contributed by atoms with Gasteiger partial charge in [-0.25, -0.2) is 9.07 Å². The Morgan fingerprint density at radius 2 is 1.96 bits per heavy atom. The average Bonchev–Trinajstić information content (AvgIpc) is 3.16. The van der Waals surface area contributed by atoms with E-state index in [1.807, 2.05) is 28.9 Å². The van der Waals surface area contributed by atoms with Crippen molar-refractivity contribution in [1.82, 2.24) is 14.8 Å². The topological polar surface area (TPSA) is 78.4 Å². The van der Waals surface area contributed by atoms with Crippen LogP contribution >= 0.6 is 12.4 Å². The van der Waals surface area contributed by atoms with E-state index in [0.29, 0.717) is 36.7 Å². The van der Waals surface area contributed by atoms with Crippen LogP contribution < -0.4 is 15.4 Å². The van der Waals surface area contributed by atoms with Gasteiger partial charge in [-0.15, -0.1) is 17.5 Å². The summed E-state index contributed by atoms with van der Waals surface area (Å²) in [6.45, 7) is 7.46. The van der Waals surface area contributed by atoms with Crippen molar-refractivity contribution in [3.63, 3.8) is 0 Å². The van der Waals surface area contributed by atoms with Crippen LogP contribution in [0.4, 0.5) is 10.3 Å². The van der Waals surface area contributed by atoms with Crippen molar-refractivity contribution in [2.45, 2.75) is 19.9 Å². The van der Waals surface area contributed by atoms with Gasteiger partial charge in [-0.1, -0.05) is 0 Å². The fourth-order valence-corrected chi connectivity index (χ4v) is 2.77. The molecule has 1 aromatic carbocycles. The van der Waals surface area contributed by atoms with Crippen molar-refractivity contribution in [2.24, 2.45) is 5.73 Å². The first-order valence-corrected chi connectivity index (χ1v) is 9.13. The molecule has 2 N–H and O–H groups in total. The molecule has 0 saturated carbocycles. The molecule has 1 aromatic heterocycles. The first-order chi connectivity index (χ1) is 13.1. The Hall–Kier alpha value is -2.16. The van der Waals surface area contributed by atoms with Gasteiger partial charge in [0.1, 0.15) is 12.4 Å². The van der Waals surface area contributed by atoms with Crippen molar-refractivity contribution >= 4 is 18.4 Å². The van der Waals surface area contributed by atoms with Crippen LogP contribution in [0, 0.1) is 0 Å². The molecule has 9 heteroatoms. The lowest BCUT2D eigenvalue weighted by molar-refractivity contribution is 0.121. The quantitative estimate of drug-likeness (QED) is 0.754. The smallest absolute Gasteiger partial charge is 0.224 e. The Bertz CT molecular complexity index is 773. The number of nitrogens with zero attached hydrogens (tertiary/aromatic N) is 4. The van der Waals surface area contributed by atoms with Crippen molar-refractivity contribution in [2.75, 3.05) is 44.4 Å². The summed E-state index contributed by atoms with van der Waals surface area (Å²) >= 11 is 0. The summed E-state index contributed by atoms with van der Waals surface area (Å²) in [5.74, 6) is 2.18. The monoisotopic (exact) mass is 411 g/mol. The fourth-order valence-electron chi connectivity index (χ4n) is 2.77. The van der Waals surface area contributed by atoms with E-state index in [-0.39, 0.29) is 31.6 Å². The fraction of sp³-hybridized carbons (Fsp3) is 0.474. The second-order valence-electron chi connectivity index (χ2n) is 6.66. The van der Waals surface area contributed by atoms with Crippen LogP contribution in [0.25, 0.3) is 11.4 Å². The SMILES string of the molecule is CC(C)n1nc(-c2ccc(OC/C(=C/F)CN)cc2)nc1N1CCOCC1.Cl. The largest absolute Gasteiger partial charge is 0.489 e. The lowest BCUT2D eigenvalue weighted by atomic mass is 10.2. The number of hydrogen-bond acceptors (Lipinski definition) is 6. The zero-order valence-electron chi connectivity index (χ0n) is 16.2. The molecule has 154 valence electrons. The van der Waals surface area contributed by atoms with Crippen molar-refractivity contribution in [3.05, 3.63) is 36.2 Å². The zero-order valence-corrected chi connectivity index (χ0v) is 17.0. The maximum Gasteiger partial charge on any atom is 0.224 e. The second-order valence-corrected chi connectivity index (χ2v) is 6.66. The van der Waals surface area contributed by atoms with Crippen LogP contribution in [0.5, 0.6) is 5.75 Å². The van der Waals surface area contributed by atoms with E-state index in [4.69, 9.17) is 25.3 Å². The summed E-state index contributed by atoms with van der Waals surface area (Å²) in [5, 5.41) is 4.69. The van der Waals surface area contributed by atoms with E-state index in [1.165, 1.54) is 0 Å². The van der Waals surface area contributed by atoms with Gasteiger partial charge >= 0.3 is 0 Å². The molecule has 0 bridgehead atoms. The third kappa shape index (κ3) is 5.21. The summed E-state index contributed by atoms with van der Waals surface area (Å²) in [6.07, 6.45) is 0.490. The number of halogens is 2. The summed E-state index contributed by atoms with van der Waals surface area (Å²) in [6, 6.07) is 7.66. The maximum atomic E-state index is 12.6. The molecule has 3 rings (SSSR count). The Morgan fingerprint density at radius 3 is 2.54 bits per heavy atom. The zero-order chi connectivity index (χ0) is 19.2. The standard InChI is InChI=1S/C19H26FN5O2.ClH/c1-14(2)25-19(24-7-9-26-10-8-24)22-18(23-25)16-3-5-17(6-4-16)27-13-15(11-20)12-21;/h3-6,11,14H,7-10,12-13,21H2,1-2H3;1H/b15-11+;. The predicted molar refractivity (Wildman–Crippen MR) is 110 cm³/mol. The molecule has 1 saturated heterocycles. The number of hydrogen-bond donors (Lipinski definition) is 1. The predicted octanol–water partition coefficient (Wildman–Crippen LogP) is 2.98. The van der Waals surface area contributed by atoms with E-state index in [0.717, 1.165) is 24.6 Å². The molecule has 0 atom stereocenters. The Balaban J connectivity index is 0.00000280. The van der Waals surface area contributed by atoms with Gasteiger partial charge in [-0.2, -0.15) is 4.98 Å². The third-order valence-corrected chi connectivity index (χ3v) is 4.35. The van der Waals surface area contributed by atoms with Gasteiger partial charge < -0.3 is 20.1 Å². The van der Waals surface area contributed by atoms with E-state index in [9.17, 15) is 4.39 Å². The highest BCUT2D eigenvalue weighted by Crippen LogP contribution is 2.25. The molecule has 28 heavy (non-hydrogen) atoms. The van der Waals surface area contributed by atoms with E-state index in [2.05, 4.69) is 18.7 Å². The Labute approximate surface area is 170 Å². The molecule has 1 aliphatic rings. The van der Waals surface area contributed by atoms with Gasteiger partial charge in [0.2, 0.25) is 5.95 Å². The van der Waals surface area contributed by atoms with Crippen LogP contribution in [0.3, 0.4) is 0 Å². The first-order valence-electron chi connectivity index (χ1n) is 9.13. The summed E-state index contributed by atoms with van der Waals surface area (Å²) in [7, 11) is 0. The van der Waals surface area contributed by atoms with Gasteiger partial charge in [0.25, 0.3) is 0 Å². The normalized spacial score (nSPS) is 14.9. The van der Waals surface area contributed by atoms with E-state index < -0.39 is 0 Å². The minimum Gasteiger partial charge on any atom is -0.489 e. The molecule has 2 heterocycles. The third-order valence-electron chi connectivity index (χ3n) is 4.35. The molecule has 0 spiro atoms. The van der Waals surface area contributed by atoms with Gasteiger partial charge in [0, 0.05) is 30.8 Å². The van der Waals surface area contributed by atoms with Gasteiger partial charge in [0.05, 0.1) is 25.6 Å². The number of rotatable bonds is 7. The summed E-state index contributed by atoms with van der Waals surface area (Å²) in [5.41, 5.74) is 6.74.